The second kappa shape index (κ2) is 6.23. The zero-order chi connectivity index (χ0) is 13.0. The average molecular weight is 311 g/mol. The van der Waals surface area contributed by atoms with Gasteiger partial charge in [-0.3, -0.25) is 4.79 Å². The zero-order valence-corrected chi connectivity index (χ0v) is 12.3. The molecule has 1 aromatic rings. The Kier molecular flexibility index (Phi) is 4.64. The number of hydrogen-bond donors (Lipinski definition) is 0. The van der Waals surface area contributed by atoms with Crippen LogP contribution in [0.1, 0.15) is 12.0 Å². The van der Waals surface area contributed by atoms with Crippen molar-refractivity contribution in [3.8, 4) is 0 Å². The first-order valence-corrected chi connectivity index (χ1v) is 7.49. The lowest BCUT2D eigenvalue weighted by Crippen LogP contribution is -2.49. The van der Waals surface area contributed by atoms with Gasteiger partial charge in [-0.1, -0.05) is 34.1 Å². The van der Waals surface area contributed by atoms with Gasteiger partial charge in [0.05, 0.1) is 0 Å². The molecule has 18 heavy (non-hydrogen) atoms. The van der Waals surface area contributed by atoms with E-state index in [2.05, 4.69) is 52.0 Å². The fourth-order valence-corrected chi connectivity index (χ4v) is 2.69. The summed E-state index contributed by atoms with van der Waals surface area (Å²) in [4.78, 5) is 16.1. The van der Waals surface area contributed by atoms with Gasteiger partial charge in [0.1, 0.15) is 0 Å². The highest BCUT2D eigenvalue weighted by Crippen LogP contribution is 2.20. The number of rotatable bonds is 3. The van der Waals surface area contributed by atoms with Gasteiger partial charge < -0.3 is 9.80 Å². The van der Waals surface area contributed by atoms with E-state index in [1.165, 1.54) is 11.3 Å². The van der Waals surface area contributed by atoms with Crippen LogP contribution in [0, 0.1) is 6.92 Å². The topological polar surface area (TPSA) is 23.6 Å². The van der Waals surface area contributed by atoms with Gasteiger partial charge in [-0.15, -0.1) is 0 Å². The van der Waals surface area contributed by atoms with Crippen LogP contribution < -0.4 is 4.90 Å². The number of amides is 1. The second-order valence-corrected chi connectivity index (χ2v) is 5.39. The van der Waals surface area contributed by atoms with Crippen molar-refractivity contribution in [3.63, 3.8) is 0 Å². The lowest BCUT2D eigenvalue weighted by molar-refractivity contribution is -0.131. The Hall–Kier alpha value is -1.03. The minimum atomic E-state index is 0.260. The first kappa shape index (κ1) is 13.4. The first-order chi connectivity index (χ1) is 8.72. The quantitative estimate of drug-likeness (QED) is 0.801. The van der Waals surface area contributed by atoms with Crippen molar-refractivity contribution < 1.29 is 4.79 Å². The number of para-hydroxylation sites is 1. The number of benzene rings is 1. The largest absolute Gasteiger partial charge is 0.368 e. The number of nitrogens with zero attached hydrogens (tertiary/aromatic N) is 2. The predicted octanol–water partition coefficient (Wildman–Crippen LogP) is 2.43. The van der Waals surface area contributed by atoms with Crippen molar-refractivity contribution in [3.05, 3.63) is 29.8 Å². The number of carbonyl (C=O) groups excluding carboxylic acids is 1. The number of halogens is 1. The number of piperazine rings is 1. The van der Waals surface area contributed by atoms with Crippen molar-refractivity contribution >= 4 is 27.5 Å². The molecule has 98 valence electrons. The van der Waals surface area contributed by atoms with Crippen molar-refractivity contribution in [1.29, 1.82) is 0 Å². The zero-order valence-electron chi connectivity index (χ0n) is 10.7. The van der Waals surface area contributed by atoms with E-state index in [9.17, 15) is 4.79 Å². The van der Waals surface area contributed by atoms with E-state index >= 15 is 0 Å². The lowest BCUT2D eigenvalue weighted by Gasteiger charge is -2.36. The van der Waals surface area contributed by atoms with Crippen LogP contribution in [0.5, 0.6) is 0 Å². The van der Waals surface area contributed by atoms with E-state index in [0.717, 1.165) is 31.5 Å². The second-order valence-electron chi connectivity index (χ2n) is 4.59. The maximum absolute atomic E-state index is 11.8. The maximum atomic E-state index is 11.8. The Bertz CT molecular complexity index is 414. The van der Waals surface area contributed by atoms with Gasteiger partial charge in [0.2, 0.25) is 5.91 Å². The fraction of sp³-hybridized carbons (Fsp3) is 0.500. The summed E-state index contributed by atoms with van der Waals surface area (Å²) in [6.45, 7) is 5.66. The van der Waals surface area contributed by atoms with E-state index < -0.39 is 0 Å². The Labute approximate surface area is 117 Å². The third-order valence-electron chi connectivity index (χ3n) is 3.40. The summed E-state index contributed by atoms with van der Waals surface area (Å²) in [5.74, 6) is 0.260. The molecule has 1 fully saturated rings. The summed E-state index contributed by atoms with van der Waals surface area (Å²) in [6, 6.07) is 8.43. The molecule has 4 heteroatoms. The van der Waals surface area contributed by atoms with Crippen LogP contribution in [0.15, 0.2) is 24.3 Å². The van der Waals surface area contributed by atoms with Crippen molar-refractivity contribution in [2.75, 3.05) is 36.4 Å². The normalized spacial score (nSPS) is 15.9. The molecule has 2 rings (SSSR count). The first-order valence-electron chi connectivity index (χ1n) is 6.36. The van der Waals surface area contributed by atoms with Crippen LogP contribution in [0.3, 0.4) is 0 Å². The molecule has 1 aliphatic rings. The van der Waals surface area contributed by atoms with Gasteiger partial charge in [-0.25, -0.2) is 0 Å². The molecule has 0 radical (unpaired) electrons. The summed E-state index contributed by atoms with van der Waals surface area (Å²) in [5.41, 5.74) is 2.60. The van der Waals surface area contributed by atoms with E-state index in [1.54, 1.807) is 0 Å². The summed E-state index contributed by atoms with van der Waals surface area (Å²) in [5, 5.41) is 0.754. The van der Waals surface area contributed by atoms with Gasteiger partial charge in [0.15, 0.2) is 0 Å². The molecular weight excluding hydrogens is 292 g/mol. The van der Waals surface area contributed by atoms with Crippen LogP contribution in [-0.2, 0) is 4.79 Å². The number of anilines is 1. The number of carbonyl (C=O) groups is 1. The third-order valence-corrected chi connectivity index (χ3v) is 3.79. The summed E-state index contributed by atoms with van der Waals surface area (Å²) in [6.07, 6.45) is 0.602. The van der Waals surface area contributed by atoms with Crippen LogP contribution in [0.4, 0.5) is 5.69 Å². The smallest absolute Gasteiger partial charge is 0.223 e. The van der Waals surface area contributed by atoms with E-state index in [1.807, 2.05) is 4.90 Å². The Morgan fingerprint density at radius 1 is 1.22 bits per heavy atom. The van der Waals surface area contributed by atoms with Gasteiger partial charge in [0, 0.05) is 43.6 Å². The molecule has 0 atom stereocenters. The molecule has 0 bridgehead atoms. The van der Waals surface area contributed by atoms with Crippen LogP contribution in [0.25, 0.3) is 0 Å². The van der Waals surface area contributed by atoms with E-state index in [0.29, 0.717) is 6.42 Å². The van der Waals surface area contributed by atoms with Crippen LogP contribution in [0.2, 0.25) is 0 Å². The molecule has 0 aromatic heterocycles. The molecule has 1 saturated heterocycles. The third kappa shape index (κ3) is 3.05. The van der Waals surface area contributed by atoms with Crippen molar-refractivity contribution in [1.82, 2.24) is 4.90 Å². The van der Waals surface area contributed by atoms with Gasteiger partial charge in [0.25, 0.3) is 0 Å². The summed E-state index contributed by atoms with van der Waals surface area (Å²) >= 11 is 3.32. The Morgan fingerprint density at radius 3 is 2.50 bits per heavy atom. The molecule has 0 N–H and O–H groups in total. The molecular formula is C14H19BrN2O. The highest BCUT2D eigenvalue weighted by atomic mass is 79.9. The van der Waals surface area contributed by atoms with Crippen molar-refractivity contribution in [2.45, 2.75) is 13.3 Å². The van der Waals surface area contributed by atoms with Crippen LogP contribution >= 0.6 is 15.9 Å². The monoisotopic (exact) mass is 310 g/mol. The molecule has 0 aliphatic carbocycles. The summed E-state index contributed by atoms with van der Waals surface area (Å²) in [7, 11) is 0. The molecule has 3 nitrogen and oxygen atoms in total. The van der Waals surface area contributed by atoms with E-state index in [4.69, 9.17) is 0 Å². The maximum Gasteiger partial charge on any atom is 0.223 e. The van der Waals surface area contributed by atoms with Crippen LogP contribution in [-0.4, -0.2) is 42.3 Å². The Balaban J connectivity index is 1.95. The molecule has 1 heterocycles. The van der Waals surface area contributed by atoms with E-state index in [-0.39, 0.29) is 5.91 Å². The number of hydrogen-bond acceptors (Lipinski definition) is 2. The van der Waals surface area contributed by atoms with Gasteiger partial charge in [-0.05, 0) is 18.6 Å². The minimum absolute atomic E-state index is 0.260. The summed E-state index contributed by atoms with van der Waals surface area (Å²) < 4.78 is 0. The molecule has 0 spiro atoms. The van der Waals surface area contributed by atoms with Gasteiger partial charge >= 0.3 is 0 Å². The fourth-order valence-electron chi connectivity index (χ4n) is 2.35. The molecule has 1 amide bonds. The standard InChI is InChI=1S/C14H19BrN2O/c1-12-4-2-3-5-13(12)16-8-10-17(11-9-16)14(18)6-7-15/h2-5H,6-11H2,1H3. The number of aryl methyl sites for hydroxylation is 1. The number of alkyl halides is 1. The molecule has 0 unspecified atom stereocenters. The Morgan fingerprint density at radius 2 is 1.89 bits per heavy atom. The SMILES string of the molecule is Cc1ccccc1N1CCN(C(=O)CCBr)CC1. The highest BCUT2D eigenvalue weighted by molar-refractivity contribution is 9.09. The molecule has 0 saturated carbocycles. The minimum Gasteiger partial charge on any atom is -0.368 e. The molecule has 1 aliphatic heterocycles. The predicted molar refractivity (Wildman–Crippen MR) is 78.4 cm³/mol. The van der Waals surface area contributed by atoms with Crippen molar-refractivity contribution in [2.24, 2.45) is 0 Å². The lowest BCUT2D eigenvalue weighted by atomic mass is 10.1. The highest BCUT2D eigenvalue weighted by Gasteiger charge is 2.21. The molecule has 1 aromatic carbocycles. The average Bonchev–Trinajstić information content (AvgIpc) is 2.40. The van der Waals surface area contributed by atoms with Gasteiger partial charge in [-0.2, -0.15) is 0 Å².